The van der Waals surface area contributed by atoms with Crippen molar-refractivity contribution in [2.45, 2.75) is 64.8 Å². The molecule has 3 aliphatic heterocycles. The van der Waals surface area contributed by atoms with E-state index >= 15 is 0 Å². The average Bonchev–Trinajstić information content (AvgIpc) is 3.25. The van der Waals surface area contributed by atoms with Gasteiger partial charge in [-0.3, -0.25) is 4.99 Å². The van der Waals surface area contributed by atoms with Gasteiger partial charge in [0.15, 0.2) is 5.96 Å². The van der Waals surface area contributed by atoms with Gasteiger partial charge in [0.2, 0.25) is 0 Å². The first kappa shape index (κ1) is 19.0. The lowest BCUT2D eigenvalue weighted by molar-refractivity contribution is 0.156. The summed E-state index contributed by atoms with van der Waals surface area (Å²) in [5, 5.41) is 3.50. The van der Waals surface area contributed by atoms with E-state index < -0.39 is 0 Å². The van der Waals surface area contributed by atoms with E-state index in [1.54, 1.807) is 0 Å². The topological polar surface area (TPSA) is 40.1 Å². The molecular formula is C20H38N4O. The Morgan fingerprint density at radius 1 is 1.24 bits per heavy atom. The van der Waals surface area contributed by atoms with Crippen molar-refractivity contribution in [2.75, 3.05) is 52.5 Å². The van der Waals surface area contributed by atoms with Crippen LogP contribution in [-0.2, 0) is 4.74 Å². The molecule has 0 aliphatic carbocycles. The van der Waals surface area contributed by atoms with Crippen LogP contribution in [0, 0.1) is 5.41 Å². The normalized spacial score (nSPS) is 31.2. The minimum atomic E-state index is 0.403. The summed E-state index contributed by atoms with van der Waals surface area (Å²) in [6.07, 6.45) is 9.11. The third-order valence-corrected chi connectivity index (χ3v) is 6.31. The van der Waals surface area contributed by atoms with Crippen LogP contribution in [0.3, 0.4) is 0 Å². The van der Waals surface area contributed by atoms with Crippen molar-refractivity contribution in [1.82, 2.24) is 15.1 Å². The summed E-state index contributed by atoms with van der Waals surface area (Å²) in [6.45, 7) is 13.1. The molecule has 1 N–H and O–H groups in total. The molecule has 3 aliphatic rings. The molecule has 3 heterocycles. The number of hydrogen-bond acceptors (Lipinski definition) is 3. The number of rotatable bonds is 6. The van der Waals surface area contributed by atoms with Crippen LogP contribution in [0.5, 0.6) is 0 Å². The van der Waals surface area contributed by atoms with Gasteiger partial charge >= 0.3 is 0 Å². The molecule has 25 heavy (non-hydrogen) atoms. The van der Waals surface area contributed by atoms with Crippen LogP contribution in [0.15, 0.2) is 4.99 Å². The molecular weight excluding hydrogens is 312 g/mol. The van der Waals surface area contributed by atoms with Crippen LogP contribution in [0.25, 0.3) is 0 Å². The first-order valence-corrected chi connectivity index (χ1v) is 10.6. The summed E-state index contributed by atoms with van der Waals surface area (Å²) >= 11 is 0. The molecule has 0 aromatic heterocycles. The smallest absolute Gasteiger partial charge is 0.193 e. The highest BCUT2D eigenvalue weighted by Crippen LogP contribution is 2.38. The van der Waals surface area contributed by atoms with E-state index in [9.17, 15) is 0 Å². The molecule has 3 saturated heterocycles. The number of nitrogens with one attached hydrogen (secondary N) is 1. The number of nitrogens with zero attached hydrogens (tertiary/aromatic N) is 3. The van der Waals surface area contributed by atoms with Gasteiger partial charge in [-0.25, -0.2) is 0 Å². The number of ether oxygens (including phenoxy) is 1. The van der Waals surface area contributed by atoms with Gasteiger partial charge in [0.25, 0.3) is 0 Å². The van der Waals surface area contributed by atoms with Gasteiger partial charge in [-0.15, -0.1) is 0 Å². The second-order valence-electron chi connectivity index (χ2n) is 8.30. The second-order valence-corrected chi connectivity index (χ2v) is 8.30. The van der Waals surface area contributed by atoms with Crippen LogP contribution >= 0.6 is 0 Å². The summed E-state index contributed by atoms with van der Waals surface area (Å²) in [5.41, 5.74) is 0.403. The molecule has 0 saturated carbocycles. The van der Waals surface area contributed by atoms with Crippen molar-refractivity contribution in [1.29, 1.82) is 0 Å². The molecule has 2 unspecified atom stereocenters. The Morgan fingerprint density at radius 2 is 2.16 bits per heavy atom. The minimum absolute atomic E-state index is 0.403. The van der Waals surface area contributed by atoms with Crippen molar-refractivity contribution >= 4 is 5.96 Å². The van der Waals surface area contributed by atoms with Crippen LogP contribution < -0.4 is 5.32 Å². The zero-order valence-electron chi connectivity index (χ0n) is 16.4. The molecule has 0 amide bonds. The van der Waals surface area contributed by atoms with Crippen LogP contribution in [0.4, 0.5) is 0 Å². The number of aliphatic imine (C=N–C) groups is 1. The Bertz CT molecular complexity index is 433. The third-order valence-electron chi connectivity index (χ3n) is 6.31. The summed E-state index contributed by atoms with van der Waals surface area (Å²) in [7, 11) is 0. The molecule has 3 rings (SSSR count). The Labute approximate surface area is 154 Å². The summed E-state index contributed by atoms with van der Waals surface area (Å²) in [5.74, 6) is 1.12. The molecule has 0 aromatic rings. The zero-order chi connectivity index (χ0) is 17.5. The molecule has 3 fully saturated rings. The van der Waals surface area contributed by atoms with Crippen molar-refractivity contribution in [3.8, 4) is 0 Å². The maximum atomic E-state index is 5.66. The molecule has 5 nitrogen and oxygen atoms in total. The highest BCUT2D eigenvalue weighted by molar-refractivity contribution is 5.80. The van der Waals surface area contributed by atoms with E-state index in [0.29, 0.717) is 5.41 Å². The van der Waals surface area contributed by atoms with E-state index in [1.165, 1.54) is 58.0 Å². The van der Waals surface area contributed by atoms with E-state index in [2.05, 4.69) is 29.0 Å². The third kappa shape index (κ3) is 5.10. The molecule has 0 radical (unpaired) electrons. The Morgan fingerprint density at radius 3 is 2.92 bits per heavy atom. The van der Waals surface area contributed by atoms with E-state index in [-0.39, 0.29) is 0 Å². The van der Waals surface area contributed by atoms with Crippen molar-refractivity contribution in [3.63, 3.8) is 0 Å². The number of hydrogen-bond donors (Lipinski definition) is 1. The van der Waals surface area contributed by atoms with Gasteiger partial charge in [-0.05, 0) is 65.5 Å². The monoisotopic (exact) mass is 350 g/mol. The summed E-state index contributed by atoms with van der Waals surface area (Å²) in [6, 6.07) is 0.781. The highest BCUT2D eigenvalue weighted by Gasteiger charge is 2.42. The average molecular weight is 351 g/mol. The van der Waals surface area contributed by atoms with Gasteiger partial charge in [0.05, 0.1) is 6.61 Å². The van der Waals surface area contributed by atoms with E-state index in [4.69, 9.17) is 9.73 Å². The lowest BCUT2D eigenvalue weighted by Crippen LogP contribution is -2.41. The van der Waals surface area contributed by atoms with Gasteiger partial charge in [-0.1, -0.05) is 6.42 Å². The van der Waals surface area contributed by atoms with Crippen LogP contribution in [0.1, 0.15) is 58.8 Å². The number of unbranched alkanes of at least 4 members (excludes halogenated alkanes) is 1. The van der Waals surface area contributed by atoms with Gasteiger partial charge in [0, 0.05) is 44.2 Å². The van der Waals surface area contributed by atoms with Crippen molar-refractivity contribution < 1.29 is 4.74 Å². The van der Waals surface area contributed by atoms with Gasteiger partial charge in [0.1, 0.15) is 0 Å². The van der Waals surface area contributed by atoms with Crippen LogP contribution in [-0.4, -0.2) is 74.3 Å². The molecule has 1 spiro atoms. The fraction of sp³-hybridized carbons (Fsp3) is 0.950. The fourth-order valence-corrected chi connectivity index (χ4v) is 4.61. The second kappa shape index (κ2) is 9.22. The molecule has 144 valence electrons. The number of piperidine rings is 1. The van der Waals surface area contributed by atoms with Crippen molar-refractivity contribution in [2.24, 2.45) is 10.4 Å². The van der Waals surface area contributed by atoms with Crippen molar-refractivity contribution in [3.05, 3.63) is 0 Å². The highest BCUT2D eigenvalue weighted by atomic mass is 16.5. The molecule has 5 heteroatoms. The molecule has 0 aromatic carbocycles. The first-order valence-electron chi connectivity index (χ1n) is 10.6. The van der Waals surface area contributed by atoms with Gasteiger partial charge in [-0.2, -0.15) is 0 Å². The molecule has 0 bridgehead atoms. The standard InChI is InChI=1S/C20H38N4O/c1-3-21-19(24-14-9-20(16-24)10-15-25-17-20)22-11-5-7-13-23-12-6-4-8-18(23)2/h18H,3-17H2,1-2H3,(H,21,22). The zero-order valence-corrected chi connectivity index (χ0v) is 16.4. The predicted molar refractivity (Wildman–Crippen MR) is 104 cm³/mol. The maximum Gasteiger partial charge on any atom is 0.193 e. The first-order chi connectivity index (χ1) is 12.2. The van der Waals surface area contributed by atoms with E-state index in [0.717, 1.165) is 51.4 Å². The quantitative estimate of drug-likeness (QED) is 0.454. The largest absolute Gasteiger partial charge is 0.381 e. The molecule has 2 atom stereocenters. The summed E-state index contributed by atoms with van der Waals surface area (Å²) in [4.78, 5) is 10.1. The van der Waals surface area contributed by atoms with E-state index in [1.807, 2.05) is 0 Å². The predicted octanol–water partition coefficient (Wildman–Crippen LogP) is 2.72. The number of likely N-dealkylation sites (tertiary alicyclic amines) is 2. The Hall–Kier alpha value is -0.810. The Balaban J connectivity index is 1.41. The minimum Gasteiger partial charge on any atom is -0.381 e. The lowest BCUT2D eigenvalue weighted by Gasteiger charge is -2.33. The fourth-order valence-electron chi connectivity index (χ4n) is 4.61. The number of guanidine groups is 1. The Kier molecular flexibility index (Phi) is 7.00. The maximum absolute atomic E-state index is 5.66. The van der Waals surface area contributed by atoms with Gasteiger partial charge < -0.3 is 19.9 Å². The van der Waals surface area contributed by atoms with Crippen LogP contribution in [0.2, 0.25) is 0 Å². The lowest BCUT2D eigenvalue weighted by atomic mass is 9.87. The SMILES string of the molecule is CCNC(=NCCCCN1CCCCC1C)N1CCC2(CCOC2)C1. The summed E-state index contributed by atoms with van der Waals surface area (Å²) < 4.78 is 5.66.